The van der Waals surface area contributed by atoms with E-state index in [-0.39, 0.29) is 13.2 Å². The van der Waals surface area contributed by atoms with Gasteiger partial charge in [-0.1, -0.05) is 206 Å². The van der Waals surface area contributed by atoms with E-state index in [1.807, 2.05) is 24.3 Å². The standard InChI is InChI=1S/C78H50O4S2/c79-45-47-29-37-69(67(41-47)65-25-11-23-63-61-19-5-7-27-73(61)83-77(63)65)81-71-39-33-53-43-51(57-21-9-15-49-13-1-3-17-55(49)57)31-35-59(53)75(71)76-60-36-32-52(58-22-10-16-50-14-2-4-18-56(50)58)44-54(60)34-40-72(76)82-70-38-30-48(46-80)42-68(70)66-26-12-24-64-62-20-6-8-28-74(62)84-78(64)66/h1-44,79-80H,45-46H2. The molecule has 0 aliphatic heterocycles. The molecule has 0 atom stereocenters. The van der Waals surface area contributed by atoms with E-state index in [1.54, 1.807) is 22.7 Å². The molecule has 2 heterocycles. The fourth-order valence-electron chi connectivity index (χ4n) is 12.7. The van der Waals surface area contributed by atoms with Gasteiger partial charge in [0.05, 0.1) is 13.2 Å². The highest BCUT2D eigenvalue weighted by Crippen LogP contribution is 2.52. The Kier molecular flexibility index (Phi) is 12.2. The Balaban J connectivity index is 0.959. The van der Waals surface area contributed by atoms with E-state index in [0.29, 0.717) is 23.0 Å². The number of hydrogen-bond donors (Lipinski definition) is 2. The van der Waals surface area contributed by atoms with Gasteiger partial charge in [0.2, 0.25) is 0 Å². The van der Waals surface area contributed by atoms with Gasteiger partial charge in [-0.25, -0.2) is 0 Å². The summed E-state index contributed by atoms with van der Waals surface area (Å²) in [5.74, 6) is 2.60. The molecule has 0 bridgehead atoms. The summed E-state index contributed by atoms with van der Waals surface area (Å²) in [5, 5.41) is 35.0. The van der Waals surface area contributed by atoms with Crippen LogP contribution in [0.15, 0.2) is 267 Å². The lowest BCUT2D eigenvalue weighted by Crippen LogP contribution is -1.98. The zero-order valence-electron chi connectivity index (χ0n) is 45.3. The van der Waals surface area contributed by atoms with Crippen LogP contribution in [-0.4, -0.2) is 10.2 Å². The van der Waals surface area contributed by atoms with Gasteiger partial charge in [-0.05, 0) is 137 Å². The molecule has 0 aliphatic rings. The van der Waals surface area contributed by atoms with E-state index in [9.17, 15) is 10.2 Å². The summed E-state index contributed by atoms with van der Waals surface area (Å²) in [6.45, 7) is -0.238. The van der Waals surface area contributed by atoms with Crippen molar-refractivity contribution in [3.05, 3.63) is 278 Å². The molecule has 6 heteroatoms. The predicted octanol–water partition coefficient (Wildman–Crippen LogP) is 21.9. The zero-order chi connectivity index (χ0) is 55.8. The minimum Gasteiger partial charge on any atom is -0.456 e. The van der Waals surface area contributed by atoms with Gasteiger partial charge in [-0.3, -0.25) is 0 Å². The summed E-state index contributed by atoms with van der Waals surface area (Å²) in [4.78, 5) is 0. The summed E-state index contributed by atoms with van der Waals surface area (Å²) < 4.78 is 19.9. The first-order valence-electron chi connectivity index (χ1n) is 28.3. The predicted molar refractivity (Wildman–Crippen MR) is 354 cm³/mol. The summed E-state index contributed by atoms with van der Waals surface area (Å²) in [6, 6.07) is 94.5. The van der Waals surface area contributed by atoms with Crippen LogP contribution in [0.4, 0.5) is 0 Å². The Morgan fingerprint density at radius 3 is 1.11 bits per heavy atom. The van der Waals surface area contributed by atoms with Crippen molar-refractivity contribution in [1.29, 1.82) is 0 Å². The lowest BCUT2D eigenvalue weighted by Gasteiger charge is -2.22. The second kappa shape index (κ2) is 20.5. The van der Waals surface area contributed by atoms with Crippen molar-refractivity contribution in [1.82, 2.24) is 0 Å². The van der Waals surface area contributed by atoms with Gasteiger partial charge in [0.25, 0.3) is 0 Å². The molecule has 0 aliphatic carbocycles. The van der Waals surface area contributed by atoms with Gasteiger partial charge in [0.1, 0.15) is 23.0 Å². The number of aliphatic hydroxyl groups excluding tert-OH is 2. The van der Waals surface area contributed by atoms with Crippen molar-refractivity contribution in [2.45, 2.75) is 13.2 Å². The molecule has 84 heavy (non-hydrogen) atoms. The number of hydrogen-bond acceptors (Lipinski definition) is 6. The molecule has 0 amide bonds. The molecule has 0 fully saturated rings. The van der Waals surface area contributed by atoms with Gasteiger partial charge in [-0.15, -0.1) is 22.7 Å². The third kappa shape index (κ3) is 8.41. The number of rotatable bonds is 11. The quantitative estimate of drug-likeness (QED) is 0.136. The van der Waals surface area contributed by atoms with Crippen LogP contribution in [0.25, 0.3) is 139 Å². The molecule has 2 N–H and O–H groups in total. The van der Waals surface area contributed by atoms with E-state index < -0.39 is 0 Å². The number of fused-ring (bicyclic) bond motifs is 10. The lowest BCUT2D eigenvalue weighted by atomic mass is 9.89. The van der Waals surface area contributed by atoms with Crippen LogP contribution in [0, 0.1) is 0 Å². The maximum atomic E-state index is 10.7. The first-order chi connectivity index (χ1) is 41.5. The van der Waals surface area contributed by atoms with Gasteiger partial charge in [0, 0.05) is 73.7 Å². The largest absolute Gasteiger partial charge is 0.456 e. The summed E-state index contributed by atoms with van der Waals surface area (Å²) in [6.07, 6.45) is 0. The van der Waals surface area contributed by atoms with Crippen LogP contribution in [0.5, 0.6) is 23.0 Å². The number of aliphatic hydroxyl groups is 2. The smallest absolute Gasteiger partial charge is 0.136 e. The molecule has 2 aromatic heterocycles. The maximum absolute atomic E-state index is 10.7. The third-order valence-electron chi connectivity index (χ3n) is 16.7. The Hall–Kier alpha value is -9.92. The molecule has 0 unspecified atom stereocenters. The highest BCUT2D eigenvalue weighted by atomic mass is 32.1. The average Bonchev–Trinajstić information content (AvgIpc) is 3.26. The van der Waals surface area contributed by atoms with Gasteiger partial charge in [0.15, 0.2) is 0 Å². The molecular formula is C78H50O4S2. The molecule has 4 nitrogen and oxygen atoms in total. The summed E-state index contributed by atoms with van der Waals surface area (Å²) in [7, 11) is 0. The monoisotopic (exact) mass is 1110 g/mol. The highest BCUT2D eigenvalue weighted by molar-refractivity contribution is 7.26. The van der Waals surface area contributed by atoms with E-state index in [4.69, 9.17) is 9.47 Å². The molecule has 0 saturated heterocycles. The summed E-state index contributed by atoms with van der Waals surface area (Å²) in [5.41, 5.74) is 11.7. The molecule has 16 rings (SSSR count). The van der Waals surface area contributed by atoms with E-state index in [2.05, 4.69) is 243 Å². The first-order valence-corrected chi connectivity index (χ1v) is 29.9. The molecule has 16 aromatic rings. The molecule has 0 spiro atoms. The number of ether oxygens (including phenoxy) is 2. The maximum Gasteiger partial charge on any atom is 0.136 e. The average molecular weight is 1120 g/mol. The Labute approximate surface area is 492 Å². The first kappa shape index (κ1) is 49.9. The van der Waals surface area contributed by atoms with Crippen LogP contribution >= 0.6 is 22.7 Å². The molecule has 0 saturated carbocycles. The van der Waals surface area contributed by atoms with Crippen molar-refractivity contribution in [2.75, 3.05) is 0 Å². The van der Waals surface area contributed by atoms with Crippen molar-refractivity contribution in [3.63, 3.8) is 0 Å². The fraction of sp³-hybridized carbons (Fsp3) is 0.0256. The van der Waals surface area contributed by atoms with E-state index in [0.717, 1.165) is 97.7 Å². The van der Waals surface area contributed by atoms with E-state index in [1.165, 1.54) is 52.5 Å². The second-order valence-corrected chi connectivity index (χ2v) is 23.6. The number of thiophene rings is 2. The van der Waals surface area contributed by atoms with Gasteiger partial charge in [-0.2, -0.15) is 0 Å². The Morgan fingerprint density at radius 1 is 0.262 bits per heavy atom. The fourth-order valence-corrected chi connectivity index (χ4v) is 15.2. The SMILES string of the molecule is OCc1ccc(Oc2ccc3cc(-c4cccc5ccccc45)ccc3c2-c2c(Oc3ccc(CO)cc3-c3cccc4c3sc3ccccc34)ccc3cc(-c4cccc5ccccc45)ccc23)c(-c2cccc3c2sc2ccccc23)c1. The molecule has 14 aromatic carbocycles. The molecule has 398 valence electrons. The highest BCUT2D eigenvalue weighted by Gasteiger charge is 2.25. The minimum absolute atomic E-state index is 0.119. The van der Waals surface area contributed by atoms with E-state index >= 15 is 0 Å². The third-order valence-corrected chi connectivity index (χ3v) is 19.1. The molecular weight excluding hydrogens is 1060 g/mol. The minimum atomic E-state index is -0.119. The van der Waals surface area contributed by atoms with Crippen LogP contribution in [0.1, 0.15) is 11.1 Å². The number of benzene rings is 14. The van der Waals surface area contributed by atoms with Gasteiger partial charge < -0.3 is 19.7 Å². The van der Waals surface area contributed by atoms with Crippen LogP contribution in [0.3, 0.4) is 0 Å². The zero-order valence-corrected chi connectivity index (χ0v) is 47.0. The van der Waals surface area contributed by atoms with Crippen molar-refractivity contribution in [2.24, 2.45) is 0 Å². The normalized spacial score (nSPS) is 11.8. The Morgan fingerprint density at radius 2 is 0.643 bits per heavy atom. The van der Waals surface area contributed by atoms with Gasteiger partial charge >= 0.3 is 0 Å². The summed E-state index contributed by atoms with van der Waals surface area (Å²) >= 11 is 3.55. The van der Waals surface area contributed by atoms with Crippen molar-refractivity contribution in [3.8, 4) is 78.6 Å². The van der Waals surface area contributed by atoms with Crippen LogP contribution < -0.4 is 9.47 Å². The Bertz CT molecular complexity index is 4980. The van der Waals surface area contributed by atoms with Crippen molar-refractivity contribution < 1.29 is 19.7 Å². The topological polar surface area (TPSA) is 58.9 Å². The van der Waals surface area contributed by atoms with Crippen LogP contribution in [0.2, 0.25) is 0 Å². The lowest BCUT2D eigenvalue weighted by molar-refractivity contribution is 0.281. The van der Waals surface area contributed by atoms with Crippen molar-refractivity contribution >= 4 is 106 Å². The molecule has 0 radical (unpaired) electrons. The van der Waals surface area contributed by atoms with Crippen LogP contribution in [-0.2, 0) is 13.2 Å². The second-order valence-electron chi connectivity index (χ2n) is 21.5.